The number of rotatable bonds is 4. The molecule has 0 radical (unpaired) electrons. The van der Waals surface area contributed by atoms with Gasteiger partial charge in [0.2, 0.25) is 0 Å². The highest BCUT2D eigenvalue weighted by molar-refractivity contribution is 5.76. The molecule has 1 atom stereocenters. The number of carboxylic acids is 1. The fourth-order valence-electron chi connectivity index (χ4n) is 1.97. The van der Waals surface area contributed by atoms with Gasteiger partial charge in [0.05, 0.1) is 5.92 Å². The van der Waals surface area contributed by atoms with Gasteiger partial charge in [0.1, 0.15) is 11.9 Å². The van der Waals surface area contributed by atoms with Crippen LogP contribution < -0.4 is 4.74 Å². The average Bonchev–Trinajstić information content (AvgIpc) is 2.26. The number of benzene rings is 1. The van der Waals surface area contributed by atoms with Gasteiger partial charge in [-0.1, -0.05) is 18.2 Å². The summed E-state index contributed by atoms with van der Waals surface area (Å²) in [5.41, 5.74) is 0.745. The Hall–Kier alpha value is -1.55. The second-order valence-electron chi connectivity index (χ2n) is 4.56. The standard InChI is InChI=1S/C13H17NO3/c1-9(13(15)16)11-5-3-4-6-12(11)17-10-7-14(2)8-10/h3-6,9-10H,7-8H2,1-2H3,(H,15,16). The molecule has 1 aromatic carbocycles. The van der Waals surface area contributed by atoms with Crippen LogP contribution in [0, 0.1) is 0 Å². The number of carbonyl (C=O) groups is 1. The van der Waals surface area contributed by atoms with Gasteiger partial charge < -0.3 is 9.84 Å². The van der Waals surface area contributed by atoms with E-state index in [1.54, 1.807) is 6.92 Å². The summed E-state index contributed by atoms with van der Waals surface area (Å²) in [7, 11) is 2.03. The number of carboxylic acid groups (broad SMARTS) is 1. The molecule has 1 N–H and O–H groups in total. The second-order valence-corrected chi connectivity index (χ2v) is 4.56. The van der Waals surface area contributed by atoms with E-state index >= 15 is 0 Å². The summed E-state index contributed by atoms with van der Waals surface area (Å²) in [6.07, 6.45) is 0.183. The lowest BCUT2D eigenvalue weighted by molar-refractivity contribution is -0.138. The summed E-state index contributed by atoms with van der Waals surface area (Å²) < 4.78 is 5.82. The van der Waals surface area contributed by atoms with Crippen molar-refractivity contribution in [1.29, 1.82) is 0 Å². The molecule has 0 bridgehead atoms. The number of nitrogens with zero attached hydrogens (tertiary/aromatic N) is 1. The van der Waals surface area contributed by atoms with Crippen LogP contribution >= 0.6 is 0 Å². The van der Waals surface area contributed by atoms with E-state index in [9.17, 15) is 4.79 Å². The number of hydrogen-bond donors (Lipinski definition) is 1. The Labute approximate surface area is 101 Å². The van der Waals surface area contributed by atoms with Crippen LogP contribution in [0.5, 0.6) is 5.75 Å². The van der Waals surface area contributed by atoms with Crippen LogP contribution in [0.25, 0.3) is 0 Å². The van der Waals surface area contributed by atoms with Crippen molar-refractivity contribution in [3.63, 3.8) is 0 Å². The molecule has 0 saturated carbocycles. The molecular weight excluding hydrogens is 218 g/mol. The molecular formula is C13H17NO3. The van der Waals surface area contributed by atoms with Gasteiger partial charge in [-0.15, -0.1) is 0 Å². The first-order valence-corrected chi connectivity index (χ1v) is 5.75. The molecule has 92 valence electrons. The Balaban J connectivity index is 2.13. The van der Waals surface area contributed by atoms with Crippen molar-refractivity contribution < 1.29 is 14.6 Å². The normalized spacial score (nSPS) is 18.5. The van der Waals surface area contributed by atoms with Gasteiger partial charge in [-0.05, 0) is 20.0 Å². The summed E-state index contributed by atoms with van der Waals surface area (Å²) in [6.45, 7) is 3.48. The summed E-state index contributed by atoms with van der Waals surface area (Å²) in [6, 6.07) is 7.37. The van der Waals surface area contributed by atoms with Crippen LogP contribution in [0.1, 0.15) is 18.4 Å². The number of likely N-dealkylation sites (N-methyl/N-ethyl adjacent to an activating group) is 1. The highest BCUT2D eigenvalue weighted by Crippen LogP contribution is 2.28. The van der Waals surface area contributed by atoms with Gasteiger partial charge in [-0.25, -0.2) is 0 Å². The molecule has 1 aliphatic rings. The Morgan fingerprint density at radius 1 is 1.47 bits per heavy atom. The minimum Gasteiger partial charge on any atom is -0.487 e. The van der Waals surface area contributed by atoms with E-state index < -0.39 is 11.9 Å². The molecule has 0 amide bonds. The summed E-state index contributed by atoms with van der Waals surface area (Å²) >= 11 is 0. The van der Waals surface area contributed by atoms with E-state index in [1.165, 1.54) is 0 Å². The van der Waals surface area contributed by atoms with Crippen LogP contribution in [0.4, 0.5) is 0 Å². The van der Waals surface area contributed by atoms with Crippen molar-refractivity contribution in [2.75, 3.05) is 20.1 Å². The maximum atomic E-state index is 11.0. The van der Waals surface area contributed by atoms with Gasteiger partial charge in [-0.3, -0.25) is 9.69 Å². The zero-order valence-electron chi connectivity index (χ0n) is 10.1. The van der Waals surface area contributed by atoms with E-state index in [0.717, 1.165) is 18.7 Å². The molecule has 0 aromatic heterocycles. The highest BCUT2D eigenvalue weighted by atomic mass is 16.5. The van der Waals surface area contributed by atoms with Crippen molar-refractivity contribution in [2.45, 2.75) is 18.9 Å². The van der Waals surface area contributed by atoms with Crippen LogP contribution in [0.2, 0.25) is 0 Å². The third-order valence-corrected chi connectivity index (χ3v) is 3.08. The Bertz CT molecular complexity index is 413. The van der Waals surface area contributed by atoms with E-state index in [0.29, 0.717) is 5.75 Å². The number of hydrogen-bond acceptors (Lipinski definition) is 3. The van der Waals surface area contributed by atoms with Crippen molar-refractivity contribution in [2.24, 2.45) is 0 Å². The largest absolute Gasteiger partial charge is 0.487 e. The van der Waals surface area contributed by atoms with Crippen LogP contribution in [-0.4, -0.2) is 42.2 Å². The Morgan fingerprint density at radius 3 is 2.71 bits per heavy atom. The smallest absolute Gasteiger partial charge is 0.310 e. The molecule has 17 heavy (non-hydrogen) atoms. The topological polar surface area (TPSA) is 49.8 Å². The van der Waals surface area contributed by atoms with Crippen LogP contribution in [0.15, 0.2) is 24.3 Å². The molecule has 0 aliphatic carbocycles. The number of para-hydroxylation sites is 1. The van der Waals surface area contributed by atoms with Crippen LogP contribution in [0.3, 0.4) is 0 Å². The molecule has 2 rings (SSSR count). The van der Waals surface area contributed by atoms with Crippen LogP contribution in [-0.2, 0) is 4.79 Å². The quantitative estimate of drug-likeness (QED) is 0.860. The fourth-order valence-corrected chi connectivity index (χ4v) is 1.97. The zero-order chi connectivity index (χ0) is 12.4. The van der Waals surface area contributed by atoms with Crippen molar-refractivity contribution in [3.8, 4) is 5.75 Å². The lowest BCUT2D eigenvalue weighted by atomic mass is 10.0. The fraction of sp³-hybridized carbons (Fsp3) is 0.462. The molecule has 4 nitrogen and oxygen atoms in total. The maximum absolute atomic E-state index is 11.0. The predicted molar refractivity (Wildman–Crippen MR) is 64.4 cm³/mol. The third kappa shape index (κ3) is 2.58. The monoisotopic (exact) mass is 235 g/mol. The first kappa shape index (κ1) is 11.9. The van der Waals surface area contributed by atoms with Gasteiger partial charge in [0.15, 0.2) is 0 Å². The van der Waals surface area contributed by atoms with Gasteiger partial charge in [-0.2, -0.15) is 0 Å². The molecule has 1 heterocycles. The first-order valence-electron chi connectivity index (χ1n) is 5.75. The minimum atomic E-state index is -0.827. The SMILES string of the molecule is CC(C(=O)O)c1ccccc1OC1CN(C)C1. The Kier molecular flexibility index (Phi) is 3.33. The summed E-state index contributed by atoms with van der Waals surface area (Å²) in [5.74, 6) is -0.670. The molecule has 1 aromatic rings. The predicted octanol–water partition coefficient (Wildman–Crippen LogP) is 1.57. The van der Waals surface area contributed by atoms with E-state index in [4.69, 9.17) is 9.84 Å². The third-order valence-electron chi connectivity index (χ3n) is 3.08. The van der Waals surface area contributed by atoms with Crippen molar-refractivity contribution >= 4 is 5.97 Å². The summed E-state index contributed by atoms with van der Waals surface area (Å²) in [4.78, 5) is 13.2. The van der Waals surface area contributed by atoms with Gasteiger partial charge >= 0.3 is 5.97 Å². The Morgan fingerprint density at radius 2 is 2.12 bits per heavy atom. The molecule has 1 unspecified atom stereocenters. The highest BCUT2D eigenvalue weighted by Gasteiger charge is 2.27. The van der Waals surface area contributed by atoms with Gasteiger partial charge in [0.25, 0.3) is 0 Å². The molecule has 1 aliphatic heterocycles. The molecule has 1 fully saturated rings. The van der Waals surface area contributed by atoms with Crippen molar-refractivity contribution in [3.05, 3.63) is 29.8 Å². The van der Waals surface area contributed by atoms with E-state index in [2.05, 4.69) is 4.90 Å². The molecule has 4 heteroatoms. The van der Waals surface area contributed by atoms with E-state index in [1.807, 2.05) is 31.3 Å². The first-order chi connectivity index (χ1) is 8.08. The second kappa shape index (κ2) is 4.75. The van der Waals surface area contributed by atoms with Gasteiger partial charge in [0, 0.05) is 18.7 Å². The number of aliphatic carboxylic acids is 1. The van der Waals surface area contributed by atoms with Crippen molar-refractivity contribution in [1.82, 2.24) is 4.90 Å². The summed E-state index contributed by atoms with van der Waals surface area (Å²) in [5, 5.41) is 9.04. The lowest BCUT2D eigenvalue weighted by Crippen LogP contribution is -2.51. The lowest BCUT2D eigenvalue weighted by Gasteiger charge is -2.36. The minimum absolute atomic E-state index is 0.183. The number of likely N-dealkylation sites (tertiary alicyclic amines) is 1. The van der Waals surface area contributed by atoms with E-state index in [-0.39, 0.29) is 6.10 Å². The molecule has 1 saturated heterocycles. The number of ether oxygens (including phenoxy) is 1. The molecule has 0 spiro atoms. The average molecular weight is 235 g/mol. The zero-order valence-corrected chi connectivity index (χ0v) is 10.1. The maximum Gasteiger partial charge on any atom is 0.310 e.